The SMILES string of the molecule is CC1C(C(=O)O)CCN1Cc1cc(Cl)cc2c1OCC2. The summed E-state index contributed by atoms with van der Waals surface area (Å²) in [5.74, 6) is -0.0314. The molecule has 2 atom stereocenters. The van der Waals surface area contributed by atoms with E-state index in [1.165, 1.54) is 0 Å². The molecule has 1 aromatic rings. The number of carbonyl (C=O) groups is 1. The van der Waals surface area contributed by atoms with Crippen LogP contribution in [-0.4, -0.2) is 35.2 Å². The lowest BCUT2D eigenvalue weighted by molar-refractivity contribution is -0.142. The van der Waals surface area contributed by atoms with Crippen molar-refractivity contribution >= 4 is 17.6 Å². The first-order valence-corrected chi connectivity index (χ1v) is 7.35. The molecule has 1 N–H and O–H groups in total. The number of aliphatic carboxylic acids is 1. The van der Waals surface area contributed by atoms with Crippen LogP contribution in [0.1, 0.15) is 24.5 Å². The maximum Gasteiger partial charge on any atom is 0.308 e. The molecule has 0 aliphatic carbocycles. The molecule has 0 radical (unpaired) electrons. The van der Waals surface area contributed by atoms with E-state index in [0.29, 0.717) is 19.6 Å². The van der Waals surface area contributed by atoms with E-state index in [4.69, 9.17) is 16.3 Å². The lowest BCUT2D eigenvalue weighted by atomic mass is 10.0. The molecule has 2 heterocycles. The molecule has 3 rings (SSSR count). The quantitative estimate of drug-likeness (QED) is 0.931. The number of carboxylic acids is 1. The normalized spacial score (nSPS) is 25.5. The highest BCUT2D eigenvalue weighted by molar-refractivity contribution is 6.30. The molecule has 1 saturated heterocycles. The Hall–Kier alpha value is -1.26. The molecule has 1 aromatic carbocycles. The molecule has 0 spiro atoms. The second kappa shape index (κ2) is 5.26. The Balaban J connectivity index is 1.81. The Labute approximate surface area is 123 Å². The van der Waals surface area contributed by atoms with Gasteiger partial charge in [0.2, 0.25) is 0 Å². The Kier molecular flexibility index (Phi) is 3.61. The largest absolute Gasteiger partial charge is 0.493 e. The summed E-state index contributed by atoms with van der Waals surface area (Å²) >= 11 is 6.16. The van der Waals surface area contributed by atoms with Crippen LogP contribution in [0.5, 0.6) is 5.75 Å². The van der Waals surface area contributed by atoms with Crippen LogP contribution in [0.3, 0.4) is 0 Å². The van der Waals surface area contributed by atoms with Crippen molar-refractivity contribution in [3.05, 3.63) is 28.3 Å². The number of rotatable bonds is 3. The van der Waals surface area contributed by atoms with Gasteiger partial charge >= 0.3 is 5.97 Å². The molecule has 108 valence electrons. The molecule has 0 amide bonds. The first kappa shape index (κ1) is 13.7. The van der Waals surface area contributed by atoms with Gasteiger partial charge in [-0.1, -0.05) is 11.6 Å². The number of likely N-dealkylation sites (tertiary alicyclic amines) is 1. The summed E-state index contributed by atoms with van der Waals surface area (Å²) in [4.78, 5) is 13.4. The lowest BCUT2D eigenvalue weighted by Gasteiger charge is -2.24. The minimum absolute atomic E-state index is 0.0449. The number of ether oxygens (including phenoxy) is 1. The number of hydrogen-bond donors (Lipinski definition) is 1. The highest BCUT2D eigenvalue weighted by Crippen LogP contribution is 2.35. The van der Waals surface area contributed by atoms with Crippen molar-refractivity contribution in [1.29, 1.82) is 0 Å². The van der Waals surface area contributed by atoms with Crippen molar-refractivity contribution in [3.63, 3.8) is 0 Å². The molecule has 2 unspecified atom stereocenters. The summed E-state index contributed by atoms with van der Waals surface area (Å²) < 4.78 is 5.70. The predicted octanol–water partition coefficient (Wildman–Crippen LogP) is 2.57. The monoisotopic (exact) mass is 295 g/mol. The minimum Gasteiger partial charge on any atom is -0.493 e. The van der Waals surface area contributed by atoms with E-state index in [0.717, 1.165) is 34.9 Å². The van der Waals surface area contributed by atoms with Crippen LogP contribution in [0.15, 0.2) is 12.1 Å². The molecule has 2 aliphatic heterocycles. The first-order chi connectivity index (χ1) is 9.56. The molecule has 20 heavy (non-hydrogen) atoms. The smallest absolute Gasteiger partial charge is 0.308 e. The Morgan fingerprint density at radius 3 is 3.05 bits per heavy atom. The van der Waals surface area contributed by atoms with Crippen LogP contribution in [0.2, 0.25) is 5.02 Å². The van der Waals surface area contributed by atoms with Gasteiger partial charge in [0.25, 0.3) is 0 Å². The van der Waals surface area contributed by atoms with Crippen molar-refractivity contribution in [2.75, 3.05) is 13.2 Å². The minimum atomic E-state index is -0.701. The van der Waals surface area contributed by atoms with Crippen LogP contribution >= 0.6 is 11.6 Å². The number of carboxylic acid groups (broad SMARTS) is 1. The molecule has 2 aliphatic rings. The third-order valence-electron chi connectivity index (χ3n) is 4.40. The van der Waals surface area contributed by atoms with Gasteiger partial charge in [-0.25, -0.2) is 0 Å². The summed E-state index contributed by atoms with van der Waals surface area (Å²) in [6, 6.07) is 3.94. The summed E-state index contributed by atoms with van der Waals surface area (Å²) in [7, 11) is 0. The predicted molar refractivity (Wildman–Crippen MR) is 76.3 cm³/mol. The lowest BCUT2D eigenvalue weighted by Crippen LogP contribution is -2.32. The molecular formula is C15H18ClNO3. The fourth-order valence-corrected chi connectivity index (χ4v) is 3.50. The zero-order valence-corrected chi connectivity index (χ0v) is 12.2. The highest BCUT2D eigenvalue weighted by Gasteiger charge is 2.36. The zero-order chi connectivity index (χ0) is 14.3. The maximum absolute atomic E-state index is 11.2. The van der Waals surface area contributed by atoms with Gasteiger partial charge in [0.1, 0.15) is 5.75 Å². The number of benzene rings is 1. The maximum atomic E-state index is 11.2. The average Bonchev–Trinajstić information content (AvgIpc) is 2.97. The van der Waals surface area contributed by atoms with Gasteiger partial charge in [-0.05, 0) is 37.6 Å². The van der Waals surface area contributed by atoms with Gasteiger partial charge < -0.3 is 9.84 Å². The highest BCUT2D eigenvalue weighted by atomic mass is 35.5. The Morgan fingerprint density at radius 1 is 1.55 bits per heavy atom. The summed E-state index contributed by atoms with van der Waals surface area (Å²) in [5.41, 5.74) is 2.23. The number of halogens is 1. The Bertz CT molecular complexity index is 546. The molecular weight excluding hydrogens is 278 g/mol. The number of hydrogen-bond acceptors (Lipinski definition) is 3. The first-order valence-electron chi connectivity index (χ1n) is 6.97. The van der Waals surface area contributed by atoms with Gasteiger partial charge in [-0.2, -0.15) is 0 Å². The standard InChI is InChI=1S/C15H18ClNO3/c1-9-13(15(18)19)2-4-17(9)8-11-7-12(16)6-10-3-5-20-14(10)11/h6-7,9,13H,2-5,8H2,1H3,(H,18,19). The van der Waals surface area contributed by atoms with Gasteiger partial charge in [0.15, 0.2) is 0 Å². The molecule has 0 saturated carbocycles. The summed E-state index contributed by atoms with van der Waals surface area (Å²) in [6.07, 6.45) is 1.61. The van der Waals surface area contributed by atoms with Crippen molar-refractivity contribution in [2.45, 2.75) is 32.4 Å². The van der Waals surface area contributed by atoms with E-state index in [1.807, 2.05) is 19.1 Å². The van der Waals surface area contributed by atoms with E-state index in [-0.39, 0.29) is 12.0 Å². The van der Waals surface area contributed by atoms with Crippen LogP contribution in [0.25, 0.3) is 0 Å². The van der Waals surface area contributed by atoms with E-state index >= 15 is 0 Å². The van der Waals surface area contributed by atoms with E-state index in [9.17, 15) is 9.90 Å². The Morgan fingerprint density at radius 2 is 2.35 bits per heavy atom. The third kappa shape index (κ3) is 2.38. The van der Waals surface area contributed by atoms with Gasteiger partial charge in [-0.3, -0.25) is 9.69 Å². The van der Waals surface area contributed by atoms with Crippen molar-refractivity contribution < 1.29 is 14.6 Å². The molecule has 4 nitrogen and oxygen atoms in total. The number of fused-ring (bicyclic) bond motifs is 1. The fourth-order valence-electron chi connectivity index (χ4n) is 3.24. The van der Waals surface area contributed by atoms with Crippen LogP contribution < -0.4 is 4.74 Å². The van der Waals surface area contributed by atoms with Crippen molar-refractivity contribution in [3.8, 4) is 5.75 Å². The summed E-state index contributed by atoms with van der Waals surface area (Å²) in [6.45, 7) is 4.20. The van der Waals surface area contributed by atoms with Gasteiger partial charge in [0, 0.05) is 29.6 Å². The summed E-state index contributed by atoms with van der Waals surface area (Å²) in [5, 5.41) is 9.92. The van der Waals surface area contributed by atoms with Crippen molar-refractivity contribution in [2.24, 2.45) is 5.92 Å². The van der Waals surface area contributed by atoms with E-state index < -0.39 is 5.97 Å². The topological polar surface area (TPSA) is 49.8 Å². The average molecular weight is 296 g/mol. The van der Waals surface area contributed by atoms with E-state index in [2.05, 4.69) is 4.90 Å². The number of nitrogens with zero attached hydrogens (tertiary/aromatic N) is 1. The molecule has 0 bridgehead atoms. The van der Waals surface area contributed by atoms with E-state index in [1.54, 1.807) is 0 Å². The van der Waals surface area contributed by atoms with Crippen LogP contribution in [-0.2, 0) is 17.8 Å². The second-order valence-electron chi connectivity index (χ2n) is 5.60. The third-order valence-corrected chi connectivity index (χ3v) is 4.62. The second-order valence-corrected chi connectivity index (χ2v) is 6.03. The fraction of sp³-hybridized carbons (Fsp3) is 0.533. The van der Waals surface area contributed by atoms with Crippen LogP contribution in [0.4, 0.5) is 0 Å². The van der Waals surface area contributed by atoms with Crippen molar-refractivity contribution in [1.82, 2.24) is 4.90 Å². The van der Waals surface area contributed by atoms with Crippen LogP contribution in [0, 0.1) is 5.92 Å². The molecule has 5 heteroatoms. The molecule has 1 fully saturated rings. The zero-order valence-electron chi connectivity index (χ0n) is 11.4. The molecule has 0 aromatic heterocycles. The van der Waals surface area contributed by atoms with Gasteiger partial charge in [-0.15, -0.1) is 0 Å². The van der Waals surface area contributed by atoms with Gasteiger partial charge in [0.05, 0.1) is 12.5 Å².